The van der Waals surface area contributed by atoms with Crippen LogP contribution < -0.4 is 0 Å². The summed E-state index contributed by atoms with van der Waals surface area (Å²) in [4.78, 5) is 11.3. The number of hydrogen-bond acceptors (Lipinski definition) is 6. The Bertz CT molecular complexity index is 603. The van der Waals surface area contributed by atoms with Gasteiger partial charge in [-0.2, -0.15) is 0 Å². The molecule has 0 saturated heterocycles. The van der Waals surface area contributed by atoms with Crippen molar-refractivity contribution in [3.05, 3.63) is 36.4 Å². The van der Waals surface area contributed by atoms with Crippen LogP contribution in [0.25, 0.3) is 0 Å². The number of carbonyl (C=O) groups excluding carboxylic acids is 1. The van der Waals surface area contributed by atoms with Crippen molar-refractivity contribution >= 4 is 15.8 Å². The van der Waals surface area contributed by atoms with Gasteiger partial charge in [-0.25, -0.2) is 13.2 Å². The van der Waals surface area contributed by atoms with Gasteiger partial charge in [0.1, 0.15) is 5.75 Å². The van der Waals surface area contributed by atoms with Gasteiger partial charge in [0.25, 0.3) is 0 Å². The summed E-state index contributed by atoms with van der Waals surface area (Å²) in [5.74, 6) is -0.860. The van der Waals surface area contributed by atoms with Crippen molar-refractivity contribution in [1.82, 2.24) is 0 Å². The quantitative estimate of drug-likeness (QED) is 0.467. The molecule has 1 atom stereocenters. The smallest absolute Gasteiger partial charge is 0.335 e. The molecule has 0 amide bonds. The zero-order chi connectivity index (χ0) is 16.0. The highest BCUT2D eigenvalue weighted by Crippen LogP contribution is 2.15. The second-order valence-electron chi connectivity index (χ2n) is 4.44. The van der Waals surface area contributed by atoms with Crippen molar-refractivity contribution in [2.45, 2.75) is 25.0 Å². The first kappa shape index (κ1) is 17.2. The number of ether oxygens (including phenoxy) is 2. The number of phenolic OH excluding ortho intramolecular Hbond substituents is 1. The maximum absolute atomic E-state index is 12.0. The number of hydrogen-bond donors (Lipinski definition) is 1. The van der Waals surface area contributed by atoms with E-state index >= 15 is 0 Å². The molecular formula is C14H18O6S. The molecule has 1 aromatic carbocycles. The molecule has 1 unspecified atom stereocenters. The molecule has 7 heteroatoms. The third kappa shape index (κ3) is 5.57. The molecule has 6 nitrogen and oxygen atoms in total. The summed E-state index contributed by atoms with van der Waals surface area (Å²) < 4.78 is 33.9. The third-order valence-corrected chi connectivity index (χ3v) is 4.22. The SMILES string of the molecule is C=C(C)C(=O)OC(C)OCCS(=O)(=O)c1ccc(O)cc1. The van der Waals surface area contributed by atoms with Crippen molar-refractivity contribution in [3.8, 4) is 5.75 Å². The van der Waals surface area contributed by atoms with E-state index in [4.69, 9.17) is 14.6 Å². The topological polar surface area (TPSA) is 89.9 Å². The molecule has 1 rings (SSSR count). The average Bonchev–Trinajstić information content (AvgIpc) is 2.38. The molecule has 0 aliphatic carbocycles. The first-order valence-corrected chi connectivity index (χ1v) is 7.87. The zero-order valence-corrected chi connectivity index (χ0v) is 12.7. The van der Waals surface area contributed by atoms with E-state index in [2.05, 4.69) is 6.58 Å². The standard InChI is InChI=1S/C14H18O6S/c1-10(2)14(16)20-11(3)19-8-9-21(17,18)13-6-4-12(15)5-7-13/h4-7,11,15H,1,8-9H2,2-3H3. The highest BCUT2D eigenvalue weighted by atomic mass is 32.2. The lowest BCUT2D eigenvalue weighted by atomic mass is 10.3. The molecule has 0 heterocycles. The van der Waals surface area contributed by atoms with Gasteiger partial charge in [0, 0.05) is 5.57 Å². The molecule has 0 spiro atoms. The maximum Gasteiger partial charge on any atom is 0.335 e. The fourth-order valence-corrected chi connectivity index (χ4v) is 2.48. The molecule has 21 heavy (non-hydrogen) atoms. The van der Waals surface area contributed by atoms with Gasteiger partial charge in [-0.1, -0.05) is 6.58 Å². The van der Waals surface area contributed by atoms with E-state index in [1.807, 2.05) is 0 Å². The molecule has 0 aromatic heterocycles. The molecule has 0 fully saturated rings. The lowest BCUT2D eigenvalue weighted by Gasteiger charge is -2.14. The predicted molar refractivity (Wildman–Crippen MR) is 76.5 cm³/mol. The van der Waals surface area contributed by atoms with Crippen LogP contribution in [0.5, 0.6) is 5.75 Å². The largest absolute Gasteiger partial charge is 0.508 e. The molecule has 0 aliphatic heterocycles. The summed E-state index contributed by atoms with van der Waals surface area (Å²) in [6, 6.07) is 5.22. The van der Waals surface area contributed by atoms with Gasteiger partial charge in [0.05, 0.1) is 17.3 Å². The average molecular weight is 314 g/mol. The Kier molecular flexibility index (Phi) is 5.92. The Morgan fingerprint density at radius 1 is 1.33 bits per heavy atom. The number of carbonyl (C=O) groups is 1. The maximum atomic E-state index is 12.0. The summed E-state index contributed by atoms with van der Waals surface area (Å²) in [7, 11) is -3.51. The van der Waals surface area contributed by atoms with E-state index in [1.165, 1.54) is 38.1 Å². The summed E-state index contributed by atoms with van der Waals surface area (Å²) in [6.45, 7) is 6.31. The molecule has 0 bridgehead atoms. The number of aromatic hydroxyl groups is 1. The van der Waals surface area contributed by atoms with Gasteiger partial charge in [0.2, 0.25) is 6.29 Å². The van der Waals surface area contributed by atoms with E-state index in [1.54, 1.807) is 0 Å². The molecular weight excluding hydrogens is 296 g/mol. The first-order chi connectivity index (χ1) is 9.72. The number of sulfone groups is 1. The monoisotopic (exact) mass is 314 g/mol. The van der Waals surface area contributed by atoms with Gasteiger partial charge in [0.15, 0.2) is 9.84 Å². The van der Waals surface area contributed by atoms with Crippen molar-refractivity contribution < 1.29 is 27.8 Å². The fraction of sp³-hybridized carbons (Fsp3) is 0.357. The normalized spacial score (nSPS) is 12.7. The molecule has 0 aliphatic rings. The Hall–Kier alpha value is -1.86. The second kappa shape index (κ2) is 7.24. The highest BCUT2D eigenvalue weighted by Gasteiger charge is 2.16. The number of benzene rings is 1. The predicted octanol–water partition coefficient (Wildman–Crippen LogP) is 1.65. The van der Waals surface area contributed by atoms with Crippen LogP contribution in [0.4, 0.5) is 0 Å². The third-order valence-electron chi connectivity index (χ3n) is 2.52. The lowest BCUT2D eigenvalue weighted by Crippen LogP contribution is -2.22. The Morgan fingerprint density at radius 3 is 2.43 bits per heavy atom. The minimum absolute atomic E-state index is 0.00877. The summed E-state index contributed by atoms with van der Waals surface area (Å²) in [5.41, 5.74) is 0.238. The lowest BCUT2D eigenvalue weighted by molar-refractivity contribution is -0.168. The molecule has 116 valence electrons. The van der Waals surface area contributed by atoms with Gasteiger partial charge in [-0.05, 0) is 38.1 Å². The Morgan fingerprint density at radius 2 is 1.90 bits per heavy atom. The van der Waals surface area contributed by atoms with Crippen LogP contribution in [-0.4, -0.2) is 38.1 Å². The van der Waals surface area contributed by atoms with Crippen molar-refractivity contribution in [1.29, 1.82) is 0 Å². The van der Waals surface area contributed by atoms with E-state index in [-0.39, 0.29) is 28.6 Å². The summed E-state index contributed by atoms with van der Waals surface area (Å²) in [5, 5.41) is 9.12. The van der Waals surface area contributed by atoms with Crippen LogP contribution in [0.15, 0.2) is 41.3 Å². The van der Waals surface area contributed by atoms with Crippen molar-refractivity contribution in [2.75, 3.05) is 12.4 Å². The van der Waals surface area contributed by atoms with E-state index in [9.17, 15) is 13.2 Å². The van der Waals surface area contributed by atoms with Crippen LogP contribution in [0.1, 0.15) is 13.8 Å². The Labute approximate surface area is 123 Å². The van der Waals surface area contributed by atoms with Crippen LogP contribution >= 0.6 is 0 Å². The van der Waals surface area contributed by atoms with Crippen LogP contribution in [0, 0.1) is 0 Å². The van der Waals surface area contributed by atoms with E-state index < -0.39 is 22.1 Å². The van der Waals surface area contributed by atoms with Gasteiger partial charge in [-0.15, -0.1) is 0 Å². The zero-order valence-electron chi connectivity index (χ0n) is 11.9. The minimum Gasteiger partial charge on any atom is -0.508 e. The van der Waals surface area contributed by atoms with Crippen molar-refractivity contribution in [2.24, 2.45) is 0 Å². The minimum atomic E-state index is -3.51. The van der Waals surface area contributed by atoms with Crippen LogP contribution in [0.3, 0.4) is 0 Å². The van der Waals surface area contributed by atoms with Crippen LogP contribution in [-0.2, 0) is 24.1 Å². The highest BCUT2D eigenvalue weighted by molar-refractivity contribution is 7.91. The summed E-state index contributed by atoms with van der Waals surface area (Å²) >= 11 is 0. The fourth-order valence-electron chi connectivity index (χ4n) is 1.38. The first-order valence-electron chi connectivity index (χ1n) is 6.22. The second-order valence-corrected chi connectivity index (χ2v) is 6.55. The molecule has 1 aromatic rings. The van der Waals surface area contributed by atoms with E-state index in [0.717, 1.165) is 0 Å². The molecule has 1 N–H and O–H groups in total. The van der Waals surface area contributed by atoms with Gasteiger partial charge >= 0.3 is 5.97 Å². The number of rotatable bonds is 7. The van der Waals surface area contributed by atoms with Gasteiger partial charge in [-0.3, -0.25) is 0 Å². The van der Waals surface area contributed by atoms with E-state index in [0.29, 0.717) is 0 Å². The summed E-state index contributed by atoms with van der Waals surface area (Å²) in [6.07, 6.45) is -0.857. The van der Waals surface area contributed by atoms with Crippen molar-refractivity contribution in [3.63, 3.8) is 0 Å². The number of esters is 1. The number of phenols is 1. The molecule has 0 saturated carbocycles. The Balaban J connectivity index is 2.49. The molecule has 0 radical (unpaired) electrons. The van der Waals surface area contributed by atoms with Gasteiger partial charge < -0.3 is 14.6 Å². The van der Waals surface area contributed by atoms with Crippen LogP contribution in [0.2, 0.25) is 0 Å².